The highest BCUT2D eigenvalue weighted by Gasteiger charge is 2.74. The van der Waals surface area contributed by atoms with Crippen LogP contribution < -0.4 is 14.8 Å². The summed E-state index contributed by atoms with van der Waals surface area (Å²) in [4.78, 5) is 42.2. The van der Waals surface area contributed by atoms with E-state index in [4.69, 9.17) is 18.6 Å². The van der Waals surface area contributed by atoms with E-state index in [-0.39, 0.29) is 30.8 Å². The van der Waals surface area contributed by atoms with Crippen molar-refractivity contribution in [3.05, 3.63) is 54.5 Å². The van der Waals surface area contributed by atoms with Gasteiger partial charge in [0.1, 0.15) is 17.1 Å². The summed E-state index contributed by atoms with van der Waals surface area (Å²) in [6.07, 6.45) is 4.93. The zero-order valence-corrected chi connectivity index (χ0v) is 18.3. The van der Waals surface area contributed by atoms with Crippen molar-refractivity contribution in [2.75, 3.05) is 12.1 Å². The molecule has 1 aromatic heterocycles. The van der Waals surface area contributed by atoms with Crippen molar-refractivity contribution in [3.8, 4) is 11.5 Å². The molecule has 9 nitrogen and oxygen atoms in total. The predicted octanol–water partition coefficient (Wildman–Crippen LogP) is 2.45. The van der Waals surface area contributed by atoms with E-state index in [2.05, 4.69) is 5.32 Å². The standard InChI is InChI=1S/C25H22N2O7/c1-12-15(28)10-14(16-3-2-8-31-16)27-22(12)25-7-6-18(34-25)20(21(25)24(27)30)23(29)26-13-4-5-17-19(9-13)33-11-32-17/h2-9,12,14,18,20-22H,10-11H2,1H3,(H,26,29)/t12-,14-,18-,20+,21+,22+,25+/m1/s1. The highest BCUT2D eigenvalue weighted by molar-refractivity contribution is 6.01. The first-order chi connectivity index (χ1) is 16.5. The number of hydrogen-bond donors (Lipinski definition) is 1. The zero-order chi connectivity index (χ0) is 23.2. The average Bonchev–Trinajstić information content (AvgIpc) is 3.64. The van der Waals surface area contributed by atoms with Gasteiger partial charge >= 0.3 is 0 Å². The molecule has 0 unspecified atom stereocenters. The highest BCUT2D eigenvalue weighted by atomic mass is 16.7. The van der Waals surface area contributed by atoms with Crippen LogP contribution in [0.5, 0.6) is 11.5 Å². The van der Waals surface area contributed by atoms with Crippen molar-refractivity contribution in [3.63, 3.8) is 0 Å². The summed E-state index contributed by atoms with van der Waals surface area (Å²) < 4.78 is 22.7. The van der Waals surface area contributed by atoms with Crippen LogP contribution in [0.15, 0.2) is 53.2 Å². The quantitative estimate of drug-likeness (QED) is 0.698. The van der Waals surface area contributed by atoms with Crippen LogP contribution in [0.25, 0.3) is 0 Å². The fourth-order valence-corrected chi connectivity index (χ4v) is 6.46. The number of carbonyl (C=O) groups is 3. The van der Waals surface area contributed by atoms with Crippen LogP contribution in [0.3, 0.4) is 0 Å². The van der Waals surface area contributed by atoms with Crippen LogP contribution in [-0.4, -0.2) is 47.0 Å². The number of rotatable bonds is 3. The molecule has 1 N–H and O–H groups in total. The monoisotopic (exact) mass is 462 g/mol. The predicted molar refractivity (Wildman–Crippen MR) is 116 cm³/mol. The molecule has 34 heavy (non-hydrogen) atoms. The van der Waals surface area contributed by atoms with Gasteiger partial charge in [0.15, 0.2) is 11.5 Å². The fourth-order valence-electron chi connectivity index (χ4n) is 6.46. The Labute approximate surface area is 194 Å². The number of hydrogen-bond acceptors (Lipinski definition) is 7. The average molecular weight is 462 g/mol. The lowest BCUT2D eigenvalue weighted by Crippen LogP contribution is -2.55. The number of benzene rings is 1. The lowest BCUT2D eigenvalue weighted by atomic mass is 9.70. The number of furan rings is 1. The van der Waals surface area contributed by atoms with Gasteiger partial charge < -0.3 is 28.8 Å². The normalized spacial score (nSPS) is 36.7. The molecular formula is C25H22N2O7. The number of amides is 2. The maximum atomic E-state index is 13.9. The molecule has 9 heteroatoms. The van der Waals surface area contributed by atoms with Gasteiger partial charge in [-0.1, -0.05) is 19.1 Å². The lowest BCUT2D eigenvalue weighted by Gasteiger charge is -2.43. The Morgan fingerprint density at radius 3 is 2.85 bits per heavy atom. The Morgan fingerprint density at radius 2 is 2.03 bits per heavy atom. The summed E-state index contributed by atoms with van der Waals surface area (Å²) in [5.41, 5.74) is -0.464. The molecule has 0 saturated carbocycles. The Bertz CT molecular complexity index is 1250. The van der Waals surface area contributed by atoms with Crippen LogP contribution in [0.2, 0.25) is 0 Å². The van der Waals surface area contributed by atoms with E-state index in [9.17, 15) is 14.4 Å². The summed E-state index contributed by atoms with van der Waals surface area (Å²) in [7, 11) is 0. The van der Waals surface area contributed by atoms with Crippen molar-refractivity contribution in [1.82, 2.24) is 4.90 Å². The second-order valence-corrected chi connectivity index (χ2v) is 9.54. The van der Waals surface area contributed by atoms with Gasteiger partial charge in [-0.3, -0.25) is 14.4 Å². The van der Waals surface area contributed by atoms with E-state index >= 15 is 0 Å². The van der Waals surface area contributed by atoms with Crippen LogP contribution in [0, 0.1) is 17.8 Å². The van der Waals surface area contributed by atoms with Gasteiger partial charge in [0.2, 0.25) is 18.6 Å². The number of carbonyl (C=O) groups excluding carboxylic acids is 3. The van der Waals surface area contributed by atoms with E-state index in [0.29, 0.717) is 22.9 Å². The summed E-state index contributed by atoms with van der Waals surface area (Å²) >= 11 is 0. The number of fused-ring (bicyclic) bond motifs is 3. The van der Waals surface area contributed by atoms with Crippen LogP contribution in [0.1, 0.15) is 25.1 Å². The third-order valence-electron chi connectivity index (χ3n) is 7.89. The van der Waals surface area contributed by atoms with Crippen molar-refractivity contribution in [2.24, 2.45) is 17.8 Å². The topological polar surface area (TPSA) is 107 Å². The first-order valence-electron chi connectivity index (χ1n) is 11.4. The molecule has 0 radical (unpaired) electrons. The van der Waals surface area contributed by atoms with Crippen LogP contribution in [0.4, 0.5) is 5.69 Å². The fraction of sp³-hybridized carbons (Fsp3) is 0.400. The largest absolute Gasteiger partial charge is 0.467 e. The Hall–Kier alpha value is -3.59. The maximum Gasteiger partial charge on any atom is 0.231 e. The SMILES string of the molecule is C[C@@H]1C(=O)C[C@H](c2ccco2)N2C(=O)[C@@H]3[C@@H](C(=O)Nc4ccc5c(c4)OCO5)[C@H]4C=C[C@@]3(O4)[C@H]12. The van der Waals surface area contributed by atoms with Gasteiger partial charge in [-0.2, -0.15) is 0 Å². The number of nitrogens with one attached hydrogen (secondary N) is 1. The highest BCUT2D eigenvalue weighted by Crippen LogP contribution is 2.60. The van der Waals surface area contributed by atoms with E-state index in [0.717, 1.165) is 0 Å². The second-order valence-electron chi connectivity index (χ2n) is 9.54. The first kappa shape index (κ1) is 19.8. The number of Topliss-reactive ketones (excluding diaryl/α,β-unsaturated/α-hetero) is 1. The Kier molecular flexibility index (Phi) is 3.92. The lowest BCUT2D eigenvalue weighted by molar-refractivity contribution is -0.147. The summed E-state index contributed by atoms with van der Waals surface area (Å²) in [6, 6.07) is 7.69. The molecule has 3 saturated heterocycles. The zero-order valence-electron chi connectivity index (χ0n) is 18.3. The third kappa shape index (κ3) is 2.45. The Balaban J connectivity index is 1.24. The molecule has 7 rings (SSSR count). The van der Waals surface area contributed by atoms with Crippen LogP contribution >= 0.6 is 0 Å². The maximum absolute atomic E-state index is 13.9. The summed E-state index contributed by atoms with van der Waals surface area (Å²) in [5.74, 6) is -0.534. The number of anilines is 1. The van der Waals surface area contributed by atoms with Gasteiger partial charge in [0.25, 0.3) is 0 Å². The van der Waals surface area contributed by atoms with Gasteiger partial charge in [-0.15, -0.1) is 0 Å². The molecule has 1 spiro atoms. The minimum atomic E-state index is -1.01. The smallest absolute Gasteiger partial charge is 0.231 e. The molecule has 1 aromatic carbocycles. The molecule has 5 aliphatic heterocycles. The second kappa shape index (κ2) is 6.73. The molecule has 7 atom stereocenters. The molecular weight excluding hydrogens is 440 g/mol. The van der Waals surface area contributed by atoms with Gasteiger partial charge in [-0.25, -0.2) is 0 Å². The number of nitrogens with zero attached hydrogens (tertiary/aromatic N) is 1. The van der Waals surface area contributed by atoms with E-state index in [1.54, 1.807) is 35.2 Å². The van der Waals surface area contributed by atoms with Crippen molar-refractivity contribution in [1.29, 1.82) is 0 Å². The Morgan fingerprint density at radius 1 is 1.18 bits per heavy atom. The first-order valence-corrected chi connectivity index (χ1v) is 11.4. The van der Waals surface area contributed by atoms with Crippen molar-refractivity contribution < 1.29 is 33.0 Å². The molecule has 2 aromatic rings. The molecule has 6 heterocycles. The van der Waals surface area contributed by atoms with Gasteiger partial charge in [0.05, 0.1) is 36.3 Å². The van der Waals surface area contributed by atoms with Crippen LogP contribution in [-0.2, 0) is 19.1 Å². The van der Waals surface area contributed by atoms with Gasteiger partial charge in [-0.05, 0) is 24.3 Å². The molecule has 5 aliphatic rings. The van der Waals surface area contributed by atoms with E-state index in [1.807, 2.05) is 19.1 Å². The third-order valence-corrected chi connectivity index (χ3v) is 7.89. The molecule has 2 amide bonds. The van der Waals surface area contributed by atoms with Crippen molar-refractivity contribution >= 4 is 23.3 Å². The number of ketones is 1. The molecule has 0 aliphatic carbocycles. The minimum absolute atomic E-state index is 0.0548. The molecule has 174 valence electrons. The van der Waals surface area contributed by atoms with E-state index in [1.165, 1.54) is 6.26 Å². The van der Waals surface area contributed by atoms with Crippen molar-refractivity contribution in [2.45, 2.75) is 37.1 Å². The van der Waals surface area contributed by atoms with Gasteiger partial charge in [0, 0.05) is 24.1 Å². The summed E-state index contributed by atoms with van der Waals surface area (Å²) in [5, 5.41) is 2.92. The minimum Gasteiger partial charge on any atom is -0.467 e. The number of ether oxygens (including phenoxy) is 3. The summed E-state index contributed by atoms with van der Waals surface area (Å²) in [6.45, 7) is 1.98. The molecule has 3 fully saturated rings. The molecule has 2 bridgehead atoms. The van der Waals surface area contributed by atoms with E-state index < -0.39 is 41.5 Å². The number of piperidine rings is 1.